The van der Waals surface area contributed by atoms with Gasteiger partial charge in [0.15, 0.2) is 0 Å². The standard InChI is InChI=1S/C21H27ClN2O/c22-20-8-6-19(7-9-20)21(18-4-2-1-3-5-18)10-11-23-12-13-24-14-16-25-17-15-24/h1-9,21,23H,10-17H2. The SMILES string of the molecule is Clc1ccc(C(CCNCCN2CCOCC2)c2ccccc2)cc1. The number of rotatable bonds is 8. The molecule has 0 saturated carbocycles. The lowest BCUT2D eigenvalue weighted by Crippen LogP contribution is -2.40. The Morgan fingerprint density at radius 1 is 0.920 bits per heavy atom. The minimum absolute atomic E-state index is 0.398. The van der Waals surface area contributed by atoms with E-state index < -0.39 is 0 Å². The van der Waals surface area contributed by atoms with E-state index in [0.717, 1.165) is 57.4 Å². The van der Waals surface area contributed by atoms with Gasteiger partial charge in [-0.3, -0.25) is 4.90 Å². The summed E-state index contributed by atoms with van der Waals surface area (Å²) in [6, 6.07) is 19.0. The van der Waals surface area contributed by atoms with Crippen molar-refractivity contribution in [1.82, 2.24) is 10.2 Å². The first kappa shape index (κ1) is 18.4. The van der Waals surface area contributed by atoms with E-state index in [1.165, 1.54) is 11.1 Å². The number of morpholine rings is 1. The molecular weight excluding hydrogens is 332 g/mol. The smallest absolute Gasteiger partial charge is 0.0594 e. The second-order valence-corrected chi connectivity index (χ2v) is 6.94. The van der Waals surface area contributed by atoms with Crippen LogP contribution in [0.15, 0.2) is 54.6 Å². The summed E-state index contributed by atoms with van der Waals surface area (Å²) in [5, 5.41) is 4.40. The fourth-order valence-corrected chi connectivity index (χ4v) is 3.47. The molecule has 0 aliphatic carbocycles. The minimum atomic E-state index is 0.398. The Morgan fingerprint density at radius 2 is 1.60 bits per heavy atom. The van der Waals surface area contributed by atoms with Crippen molar-refractivity contribution >= 4 is 11.6 Å². The van der Waals surface area contributed by atoms with Gasteiger partial charge in [0.25, 0.3) is 0 Å². The molecule has 0 bridgehead atoms. The Hall–Kier alpha value is -1.39. The summed E-state index contributed by atoms with van der Waals surface area (Å²) in [4.78, 5) is 2.46. The zero-order valence-electron chi connectivity index (χ0n) is 14.7. The first-order valence-electron chi connectivity index (χ1n) is 9.14. The molecule has 1 unspecified atom stereocenters. The summed E-state index contributed by atoms with van der Waals surface area (Å²) in [5.74, 6) is 0.398. The highest BCUT2D eigenvalue weighted by molar-refractivity contribution is 6.30. The molecule has 1 N–H and O–H groups in total. The van der Waals surface area contributed by atoms with E-state index >= 15 is 0 Å². The molecule has 0 spiro atoms. The van der Waals surface area contributed by atoms with Crippen LogP contribution in [0.1, 0.15) is 23.5 Å². The van der Waals surface area contributed by atoms with E-state index in [1.54, 1.807) is 0 Å². The quantitative estimate of drug-likeness (QED) is 0.727. The zero-order valence-corrected chi connectivity index (χ0v) is 15.4. The van der Waals surface area contributed by atoms with E-state index in [4.69, 9.17) is 16.3 Å². The summed E-state index contributed by atoms with van der Waals surface area (Å²) >= 11 is 6.06. The zero-order chi connectivity index (χ0) is 17.3. The number of hydrogen-bond acceptors (Lipinski definition) is 3. The molecule has 1 aliphatic rings. The van der Waals surface area contributed by atoms with Crippen LogP contribution in [0.5, 0.6) is 0 Å². The lowest BCUT2D eigenvalue weighted by atomic mass is 9.88. The van der Waals surface area contributed by atoms with Gasteiger partial charge in [0.05, 0.1) is 13.2 Å². The summed E-state index contributed by atoms with van der Waals surface area (Å²) < 4.78 is 5.39. The molecule has 3 rings (SSSR count). The van der Waals surface area contributed by atoms with Crippen LogP contribution in [0.25, 0.3) is 0 Å². The van der Waals surface area contributed by atoms with Gasteiger partial charge in [0.1, 0.15) is 0 Å². The van der Waals surface area contributed by atoms with Crippen molar-refractivity contribution in [3.63, 3.8) is 0 Å². The van der Waals surface area contributed by atoms with Gasteiger partial charge in [-0.15, -0.1) is 0 Å². The van der Waals surface area contributed by atoms with Crippen molar-refractivity contribution in [2.24, 2.45) is 0 Å². The van der Waals surface area contributed by atoms with Crippen LogP contribution in [0.3, 0.4) is 0 Å². The molecular formula is C21H27ClN2O. The van der Waals surface area contributed by atoms with Crippen LogP contribution in [0.4, 0.5) is 0 Å². The average molecular weight is 359 g/mol. The molecule has 4 heteroatoms. The summed E-state index contributed by atoms with van der Waals surface area (Å²) in [7, 11) is 0. The van der Waals surface area contributed by atoms with Gasteiger partial charge in [-0.25, -0.2) is 0 Å². The van der Waals surface area contributed by atoms with Crippen molar-refractivity contribution in [2.75, 3.05) is 45.9 Å². The molecule has 2 aromatic rings. The molecule has 25 heavy (non-hydrogen) atoms. The highest BCUT2D eigenvalue weighted by Gasteiger charge is 2.14. The van der Waals surface area contributed by atoms with E-state index in [-0.39, 0.29) is 0 Å². The van der Waals surface area contributed by atoms with Crippen LogP contribution in [0.2, 0.25) is 5.02 Å². The maximum atomic E-state index is 6.06. The first-order valence-corrected chi connectivity index (χ1v) is 9.52. The van der Waals surface area contributed by atoms with Crippen molar-refractivity contribution < 1.29 is 4.74 Å². The van der Waals surface area contributed by atoms with Crippen LogP contribution in [-0.4, -0.2) is 50.8 Å². The van der Waals surface area contributed by atoms with Crippen molar-refractivity contribution in [3.05, 3.63) is 70.7 Å². The first-order chi connectivity index (χ1) is 12.3. The fraction of sp³-hybridized carbons (Fsp3) is 0.429. The van der Waals surface area contributed by atoms with E-state index in [1.807, 2.05) is 12.1 Å². The van der Waals surface area contributed by atoms with Gasteiger partial charge >= 0.3 is 0 Å². The Kier molecular flexibility index (Phi) is 7.31. The monoisotopic (exact) mass is 358 g/mol. The number of ether oxygens (including phenoxy) is 1. The predicted molar refractivity (Wildman–Crippen MR) is 104 cm³/mol. The lowest BCUT2D eigenvalue weighted by Gasteiger charge is -2.26. The average Bonchev–Trinajstić information content (AvgIpc) is 2.67. The third-order valence-corrected chi connectivity index (χ3v) is 5.04. The normalized spacial score (nSPS) is 16.7. The minimum Gasteiger partial charge on any atom is -0.379 e. The second-order valence-electron chi connectivity index (χ2n) is 6.51. The van der Waals surface area contributed by atoms with E-state index in [9.17, 15) is 0 Å². The van der Waals surface area contributed by atoms with Gasteiger partial charge < -0.3 is 10.1 Å². The van der Waals surface area contributed by atoms with Crippen LogP contribution in [-0.2, 0) is 4.74 Å². The van der Waals surface area contributed by atoms with Crippen LogP contribution >= 0.6 is 11.6 Å². The Balaban J connectivity index is 1.52. The number of nitrogens with zero attached hydrogens (tertiary/aromatic N) is 1. The van der Waals surface area contributed by atoms with E-state index in [0.29, 0.717) is 5.92 Å². The van der Waals surface area contributed by atoms with Gasteiger partial charge in [0, 0.05) is 37.1 Å². The van der Waals surface area contributed by atoms with Crippen LogP contribution in [0, 0.1) is 0 Å². The Labute approximate surface area is 155 Å². The molecule has 1 aliphatic heterocycles. The fourth-order valence-electron chi connectivity index (χ4n) is 3.34. The molecule has 2 aromatic carbocycles. The maximum absolute atomic E-state index is 6.06. The number of benzene rings is 2. The molecule has 1 fully saturated rings. The van der Waals surface area contributed by atoms with Gasteiger partial charge in [-0.2, -0.15) is 0 Å². The molecule has 134 valence electrons. The molecule has 1 saturated heterocycles. The summed E-state index contributed by atoms with van der Waals surface area (Å²) in [5.41, 5.74) is 2.69. The molecule has 0 aromatic heterocycles. The lowest BCUT2D eigenvalue weighted by molar-refractivity contribution is 0.0384. The number of hydrogen-bond donors (Lipinski definition) is 1. The second kappa shape index (κ2) is 9.93. The third kappa shape index (κ3) is 5.82. The van der Waals surface area contributed by atoms with Crippen molar-refractivity contribution in [3.8, 4) is 0 Å². The number of nitrogens with one attached hydrogen (secondary N) is 1. The molecule has 3 nitrogen and oxygen atoms in total. The summed E-state index contributed by atoms with van der Waals surface area (Å²) in [6.07, 6.45) is 1.08. The van der Waals surface area contributed by atoms with Crippen molar-refractivity contribution in [1.29, 1.82) is 0 Å². The Bertz CT molecular complexity index is 612. The third-order valence-electron chi connectivity index (χ3n) is 4.79. The van der Waals surface area contributed by atoms with Crippen molar-refractivity contribution in [2.45, 2.75) is 12.3 Å². The predicted octanol–water partition coefficient (Wildman–Crippen LogP) is 3.78. The molecule has 0 radical (unpaired) electrons. The highest BCUT2D eigenvalue weighted by atomic mass is 35.5. The topological polar surface area (TPSA) is 24.5 Å². The Morgan fingerprint density at radius 3 is 2.32 bits per heavy atom. The molecule has 0 amide bonds. The largest absolute Gasteiger partial charge is 0.379 e. The summed E-state index contributed by atoms with van der Waals surface area (Å²) in [6.45, 7) is 6.98. The number of halogens is 1. The molecule has 1 heterocycles. The van der Waals surface area contributed by atoms with E-state index in [2.05, 4.69) is 52.7 Å². The maximum Gasteiger partial charge on any atom is 0.0594 e. The highest BCUT2D eigenvalue weighted by Crippen LogP contribution is 2.28. The van der Waals surface area contributed by atoms with Gasteiger partial charge in [-0.1, -0.05) is 54.1 Å². The van der Waals surface area contributed by atoms with Gasteiger partial charge in [-0.05, 0) is 36.2 Å². The van der Waals surface area contributed by atoms with Gasteiger partial charge in [0.2, 0.25) is 0 Å². The van der Waals surface area contributed by atoms with Crippen LogP contribution < -0.4 is 5.32 Å². The molecule has 1 atom stereocenters.